The highest BCUT2D eigenvalue weighted by Gasteiger charge is 2.16. The lowest BCUT2D eigenvalue weighted by molar-refractivity contribution is -0.128. The van der Waals surface area contributed by atoms with Crippen molar-refractivity contribution in [2.75, 3.05) is 6.61 Å². The van der Waals surface area contributed by atoms with Gasteiger partial charge >= 0.3 is 0 Å². The predicted molar refractivity (Wildman–Crippen MR) is 94.5 cm³/mol. The van der Waals surface area contributed by atoms with Crippen LogP contribution in [0.1, 0.15) is 29.8 Å². The molecule has 0 spiro atoms. The van der Waals surface area contributed by atoms with Crippen molar-refractivity contribution in [1.82, 2.24) is 10.9 Å². The molecule has 0 unspecified atom stereocenters. The van der Waals surface area contributed by atoms with E-state index in [4.69, 9.17) is 9.47 Å². The largest absolute Gasteiger partial charge is 0.494 e. The first kappa shape index (κ1) is 18.3. The van der Waals surface area contributed by atoms with Crippen LogP contribution >= 0.6 is 0 Å². The fourth-order valence-electron chi connectivity index (χ4n) is 2.04. The molecule has 0 saturated carbocycles. The maximum atomic E-state index is 12.0. The number of carbonyl (C=O) groups excluding carboxylic acids is 2. The third-order valence-corrected chi connectivity index (χ3v) is 3.43. The first-order valence-electron chi connectivity index (χ1n) is 8.06. The molecule has 25 heavy (non-hydrogen) atoms. The Labute approximate surface area is 147 Å². The van der Waals surface area contributed by atoms with Crippen LogP contribution in [0.25, 0.3) is 0 Å². The van der Waals surface area contributed by atoms with Crippen LogP contribution in [-0.4, -0.2) is 24.5 Å². The number of hydrogen-bond donors (Lipinski definition) is 2. The third kappa shape index (κ3) is 5.53. The Balaban J connectivity index is 1.83. The van der Waals surface area contributed by atoms with Crippen molar-refractivity contribution >= 4 is 11.8 Å². The summed E-state index contributed by atoms with van der Waals surface area (Å²) in [6.07, 6.45) is -0.767. The average Bonchev–Trinajstić information content (AvgIpc) is 2.61. The molecule has 0 fully saturated rings. The molecule has 0 radical (unpaired) electrons. The van der Waals surface area contributed by atoms with Crippen LogP contribution in [0, 0.1) is 6.92 Å². The van der Waals surface area contributed by atoms with Gasteiger partial charge < -0.3 is 9.47 Å². The summed E-state index contributed by atoms with van der Waals surface area (Å²) in [5, 5.41) is 0. The average molecular weight is 342 g/mol. The van der Waals surface area contributed by atoms with Crippen molar-refractivity contribution in [2.45, 2.75) is 26.9 Å². The summed E-state index contributed by atoms with van der Waals surface area (Å²) in [6.45, 7) is 6.02. The summed E-state index contributed by atoms with van der Waals surface area (Å²) in [5.41, 5.74) is 6.25. The quantitative estimate of drug-likeness (QED) is 0.791. The lowest BCUT2D eigenvalue weighted by atomic mass is 10.1. The van der Waals surface area contributed by atoms with E-state index in [0.717, 1.165) is 11.3 Å². The molecule has 0 bridgehead atoms. The molecule has 0 aliphatic carbocycles. The number of ether oxygens (including phenoxy) is 2. The number of hydrazine groups is 1. The zero-order valence-corrected chi connectivity index (χ0v) is 14.5. The number of rotatable bonds is 6. The Hall–Kier alpha value is -3.02. The monoisotopic (exact) mass is 342 g/mol. The number of aryl methyl sites for hydroxylation is 1. The maximum Gasteiger partial charge on any atom is 0.279 e. The number of nitrogens with one attached hydrogen (secondary N) is 2. The smallest absolute Gasteiger partial charge is 0.279 e. The van der Waals surface area contributed by atoms with Gasteiger partial charge in [0.2, 0.25) is 0 Å². The summed E-state index contributed by atoms with van der Waals surface area (Å²) >= 11 is 0. The number of benzene rings is 2. The minimum absolute atomic E-state index is 0.387. The second-order valence-corrected chi connectivity index (χ2v) is 5.47. The molecule has 2 N–H and O–H groups in total. The molecule has 0 aromatic heterocycles. The highest BCUT2D eigenvalue weighted by Crippen LogP contribution is 2.18. The Bertz CT molecular complexity index is 711. The molecular formula is C19H22N2O4. The molecular weight excluding hydrogens is 320 g/mol. The molecule has 2 rings (SSSR count). The predicted octanol–water partition coefficient (Wildman–Crippen LogP) is 2.62. The topological polar surface area (TPSA) is 76.7 Å². The van der Waals surface area contributed by atoms with Gasteiger partial charge in [0.05, 0.1) is 6.61 Å². The van der Waals surface area contributed by atoms with Gasteiger partial charge in [-0.15, -0.1) is 0 Å². The van der Waals surface area contributed by atoms with Gasteiger partial charge in [0, 0.05) is 5.56 Å². The molecule has 0 saturated heterocycles. The Kier molecular flexibility index (Phi) is 6.39. The van der Waals surface area contributed by atoms with Crippen molar-refractivity contribution in [2.24, 2.45) is 0 Å². The van der Waals surface area contributed by atoms with Gasteiger partial charge in [-0.2, -0.15) is 0 Å². The van der Waals surface area contributed by atoms with E-state index in [0.29, 0.717) is 17.9 Å². The maximum absolute atomic E-state index is 12.0. The zero-order valence-electron chi connectivity index (χ0n) is 14.5. The van der Waals surface area contributed by atoms with Crippen LogP contribution < -0.4 is 20.3 Å². The standard InChI is InChI=1S/C19H22N2O4/c1-4-24-16-9-11-17(12-10-16)25-14(3)18(22)20-21-19(23)15-7-5-13(2)6-8-15/h5-12,14H,4H2,1-3H3,(H,20,22)(H,21,23)/t14-/m1/s1. The van der Waals surface area contributed by atoms with Gasteiger partial charge in [-0.25, -0.2) is 0 Å². The fraction of sp³-hybridized carbons (Fsp3) is 0.263. The number of amides is 2. The van der Waals surface area contributed by atoms with Crippen molar-refractivity contribution in [3.05, 3.63) is 59.7 Å². The Morgan fingerprint density at radius 1 is 0.960 bits per heavy atom. The normalized spacial score (nSPS) is 11.3. The molecule has 132 valence electrons. The molecule has 0 aliphatic heterocycles. The van der Waals surface area contributed by atoms with Crippen molar-refractivity contribution < 1.29 is 19.1 Å². The summed E-state index contributed by atoms with van der Waals surface area (Å²) in [4.78, 5) is 24.0. The van der Waals surface area contributed by atoms with Crippen LogP contribution in [0.4, 0.5) is 0 Å². The summed E-state index contributed by atoms with van der Waals surface area (Å²) in [6, 6.07) is 14.0. The van der Waals surface area contributed by atoms with Crippen LogP contribution in [0.15, 0.2) is 48.5 Å². The minimum atomic E-state index is -0.767. The van der Waals surface area contributed by atoms with Crippen LogP contribution in [0.3, 0.4) is 0 Å². The highest BCUT2D eigenvalue weighted by molar-refractivity contribution is 5.95. The Morgan fingerprint density at radius 3 is 2.16 bits per heavy atom. The van der Waals surface area contributed by atoms with Crippen molar-refractivity contribution in [3.8, 4) is 11.5 Å². The van der Waals surface area contributed by atoms with E-state index >= 15 is 0 Å². The van der Waals surface area contributed by atoms with E-state index < -0.39 is 12.0 Å². The van der Waals surface area contributed by atoms with Gasteiger partial charge in [-0.05, 0) is 57.2 Å². The van der Waals surface area contributed by atoms with E-state index in [-0.39, 0.29) is 5.91 Å². The number of carbonyl (C=O) groups is 2. The third-order valence-electron chi connectivity index (χ3n) is 3.43. The summed E-state index contributed by atoms with van der Waals surface area (Å²) in [7, 11) is 0. The number of hydrogen-bond acceptors (Lipinski definition) is 4. The first-order valence-corrected chi connectivity index (χ1v) is 8.06. The second kappa shape index (κ2) is 8.73. The molecule has 6 heteroatoms. The van der Waals surface area contributed by atoms with E-state index in [9.17, 15) is 9.59 Å². The van der Waals surface area contributed by atoms with Gasteiger partial charge in [0.15, 0.2) is 6.10 Å². The Morgan fingerprint density at radius 2 is 1.56 bits per heavy atom. The summed E-state index contributed by atoms with van der Waals surface area (Å²) in [5.74, 6) is 0.434. The molecule has 6 nitrogen and oxygen atoms in total. The van der Waals surface area contributed by atoms with Gasteiger partial charge in [-0.1, -0.05) is 17.7 Å². The van der Waals surface area contributed by atoms with Crippen LogP contribution in [0.5, 0.6) is 11.5 Å². The van der Waals surface area contributed by atoms with Gasteiger partial charge in [0.25, 0.3) is 11.8 Å². The van der Waals surface area contributed by atoms with E-state index in [1.165, 1.54) is 0 Å². The second-order valence-electron chi connectivity index (χ2n) is 5.47. The zero-order chi connectivity index (χ0) is 18.2. The van der Waals surface area contributed by atoms with E-state index in [1.54, 1.807) is 43.3 Å². The SMILES string of the molecule is CCOc1ccc(O[C@H](C)C(=O)NNC(=O)c2ccc(C)cc2)cc1. The molecule has 1 atom stereocenters. The van der Waals surface area contributed by atoms with E-state index in [2.05, 4.69) is 10.9 Å². The fourth-order valence-corrected chi connectivity index (χ4v) is 2.04. The van der Waals surface area contributed by atoms with Crippen molar-refractivity contribution in [1.29, 1.82) is 0 Å². The highest BCUT2D eigenvalue weighted by atomic mass is 16.5. The first-order chi connectivity index (χ1) is 12.0. The molecule has 2 aromatic carbocycles. The molecule has 2 amide bonds. The minimum Gasteiger partial charge on any atom is -0.494 e. The lowest BCUT2D eigenvalue weighted by Crippen LogP contribution is -2.47. The van der Waals surface area contributed by atoms with Gasteiger partial charge in [-0.3, -0.25) is 20.4 Å². The van der Waals surface area contributed by atoms with Crippen molar-refractivity contribution in [3.63, 3.8) is 0 Å². The van der Waals surface area contributed by atoms with Crippen LogP contribution in [0.2, 0.25) is 0 Å². The molecule has 2 aromatic rings. The van der Waals surface area contributed by atoms with Gasteiger partial charge in [0.1, 0.15) is 11.5 Å². The van der Waals surface area contributed by atoms with Crippen LogP contribution in [-0.2, 0) is 4.79 Å². The molecule has 0 heterocycles. The lowest BCUT2D eigenvalue weighted by Gasteiger charge is -2.15. The van der Waals surface area contributed by atoms with E-state index in [1.807, 2.05) is 26.0 Å². The molecule has 0 aliphatic rings. The summed E-state index contributed by atoms with van der Waals surface area (Å²) < 4.78 is 10.9.